The first-order valence-corrected chi connectivity index (χ1v) is 6.13. The first-order valence-electron chi connectivity index (χ1n) is 4.73. The molecule has 0 radical (unpaired) electrons. The normalized spacial score (nSPS) is 16.8. The predicted octanol–water partition coefficient (Wildman–Crippen LogP) is 0.206. The van der Waals surface area contributed by atoms with Crippen LogP contribution in [0.2, 0.25) is 0 Å². The second-order valence-corrected chi connectivity index (χ2v) is 4.19. The van der Waals surface area contributed by atoms with E-state index in [1.54, 1.807) is 11.8 Å². The SMILES string of the molecule is COC(=O)[C@H](CCSC)N1C(=O)C=CC1=O. The molecule has 0 saturated heterocycles. The fourth-order valence-corrected chi connectivity index (χ4v) is 1.90. The zero-order chi connectivity index (χ0) is 12.1. The van der Waals surface area contributed by atoms with E-state index in [9.17, 15) is 14.4 Å². The lowest BCUT2D eigenvalue weighted by Crippen LogP contribution is -2.45. The van der Waals surface area contributed by atoms with Gasteiger partial charge in [0, 0.05) is 12.2 Å². The zero-order valence-corrected chi connectivity index (χ0v) is 9.95. The second-order valence-electron chi connectivity index (χ2n) is 3.20. The van der Waals surface area contributed by atoms with Crippen LogP contribution in [0, 0.1) is 0 Å². The summed E-state index contributed by atoms with van der Waals surface area (Å²) >= 11 is 1.54. The maximum absolute atomic E-state index is 11.5. The molecule has 0 spiro atoms. The van der Waals surface area contributed by atoms with Gasteiger partial charge in [-0.15, -0.1) is 0 Å². The minimum absolute atomic E-state index is 0.410. The van der Waals surface area contributed by atoms with Crippen LogP contribution in [-0.4, -0.2) is 47.8 Å². The molecule has 0 aromatic carbocycles. The summed E-state index contributed by atoms with van der Waals surface area (Å²) in [6.07, 6.45) is 4.63. The van der Waals surface area contributed by atoms with Crippen molar-refractivity contribution in [3.63, 3.8) is 0 Å². The Kier molecular flexibility index (Phi) is 4.54. The van der Waals surface area contributed by atoms with Crippen LogP contribution in [0.15, 0.2) is 12.2 Å². The summed E-state index contributed by atoms with van der Waals surface area (Å²) in [5, 5.41) is 0. The van der Waals surface area contributed by atoms with Crippen LogP contribution in [0.25, 0.3) is 0 Å². The smallest absolute Gasteiger partial charge is 0.329 e. The van der Waals surface area contributed by atoms with Crippen LogP contribution in [-0.2, 0) is 19.1 Å². The van der Waals surface area contributed by atoms with Gasteiger partial charge in [0.1, 0.15) is 6.04 Å². The summed E-state index contributed by atoms with van der Waals surface area (Å²) in [6.45, 7) is 0. The number of hydrogen-bond donors (Lipinski definition) is 0. The number of carbonyl (C=O) groups is 3. The Labute approximate surface area is 97.8 Å². The number of hydrogen-bond acceptors (Lipinski definition) is 5. The molecule has 88 valence electrons. The molecule has 16 heavy (non-hydrogen) atoms. The number of ether oxygens (including phenoxy) is 1. The summed E-state index contributed by atoms with van der Waals surface area (Å²) in [4.78, 5) is 35.3. The first-order chi connectivity index (χ1) is 7.61. The number of thioether (sulfide) groups is 1. The van der Waals surface area contributed by atoms with E-state index in [1.807, 2.05) is 6.26 Å². The molecule has 6 heteroatoms. The van der Waals surface area contributed by atoms with Crippen LogP contribution in [0.5, 0.6) is 0 Å². The van der Waals surface area contributed by atoms with Crippen molar-refractivity contribution < 1.29 is 19.1 Å². The second kappa shape index (κ2) is 5.69. The fourth-order valence-electron chi connectivity index (χ4n) is 1.44. The summed E-state index contributed by atoms with van der Waals surface area (Å²) in [5.74, 6) is -0.793. The lowest BCUT2D eigenvalue weighted by molar-refractivity contribution is -0.155. The third-order valence-corrected chi connectivity index (χ3v) is 2.87. The molecular formula is C10H13NO4S. The third-order valence-electron chi connectivity index (χ3n) is 2.22. The topological polar surface area (TPSA) is 63.7 Å². The Balaban J connectivity index is 2.79. The molecule has 0 fully saturated rings. The van der Waals surface area contributed by atoms with Crippen molar-refractivity contribution in [3.8, 4) is 0 Å². The predicted molar refractivity (Wildman–Crippen MR) is 59.8 cm³/mol. The Hall–Kier alpha value is -1.30. The van der Waals surface area contributed by atoms with Gasteiger partial charge in [0.15, 0.2) is 0 Å². The highest BCUT2D eigenvalue weighted by atomic mass is 32.2. The lowest BCUT2D eigenvalue weighted by atomic mass is 10.2. The number of methoxy groups -OCH3 is 1. The van der Waals surface area contributed by atoms with Crippen LogP contribution < -0.4 is 0 Å². The Morgan fingerprint density at radius 1 is 1.44 bits per heavy atom. The third kappa shape index (κ3) is 2.63. The van der Waals surface area contributed by atoms with E-state index in [4.69, 9.17) is 0 Å². The highest BCUT2D eigenvalue weighted by Crippen LogP contribution is 2.15. The molecule has 1 aliphatic rings. The first kappa shape index (κ1) is 12.8. The fraction of sp³-hybridized carbons (Fsp3) is 0.500. The van der Waals surface area contributed by atoms with Gasteiger partial charge in [0.05, 0.1) is 7.11 Å². The van der Waals surface area contributed by atoms with E-state index >= 15 is 0 Å². The van der Waals surface area contributed by atoms with Gasteiger partial charge >= 0.3 is 5.97 Å². The van der Waals surface area contributed by atoms with Gasteiger partial charge in [-0.1, -0.05) is 0 Å². The van der Waals surface area contributed by atoms with Gasteiger partial charge in [-0.05, 0) is 18.4 Å². The van der Waals surface area contributed by atoms with Crippen molar-refractivity contribution in [2.45, 2.75) is 12.5 Å². The highest BCUT2D eigenvalue weighted by molar-refractivity contribution is 7.98. The minimum atomic E-state index is -0.813. The average Bonchev–Trinajstić information content (AvgIpc) is 2.60. The number of carbonyl (C=O) groups excluding carboxylic acids is 3. The molecule has 0 bridgehead atoms. The van der Waals surface area contributed by atoms with Crippen LogP contribution in [0.4, 0.5) is 0 Å². The Bertz CT molecular complexity index is 322. The Morgan fingerprint density at radius 2 is 2.00 bits per heavy atom. The molecule has 1 atom stereocenters. The van der Waals surface area contributed by atoms with Gasteiger partial charge in [-0.2, -0.15) is 11.8 Å². The molecule has 0 unspecified atom stereocenters. The molecule has 1 aliphatic heterocycles. The average molecular weight is 243 g/mol. The molecule has 2 amide bonds. The summed E-state index contributed by atoms with van der Waals surface area (Å²) in [6, 6.07) is -0.813. The van der Waals surface area contributed by atoms with E-state index < -0.39 is 23.8 Å². The summed E-state index contributed by atoms with van der Waals surface area (Å²) in [5.41, 5.74) is 0. The van der Waals surface area contributed by atoms with Crippen molar-refractivity contribution in [2.24, 2.45) is 0 Å². The quantitative estimate of drug-likeness (QED) is 0.510. The van der Waals surface area contributed by atoms with Gasteiger partial charge in [0.25, 0.3) is 11.8 Å². The van der Waals surface area contributed by atoms with Gasteiger partial charge in [0.2, 0.25) is 0 Å². The molecule has 5 nitrogen and oxygen atoms in total. The molecule has 1 heterocycles. The maximum atomic E-state index is 11.5. The van der Waals surface area contributed by atoms with E-state index in [0.717, 1.165) is 17.1 Å². The number of esters is 1. The number of imide groups is 1. The standard InChI is InChI=1S/C10H13NO4S/c1-15-10(14)7(5-6-16-2)11-8(12)3-4-9(11)13/h3-4,7H,5-6H2,1-2H3/t7-/m0/s1. The number of nitrogens with zero attached hydrogens (tertiary/aromatic N) is 1. The maximum Gasteiger partial charge on any atom is 0.329 e. The largest absolute Gasteiger partial charge is 0.467 e. The molecule has 1 rings (SSSR count). The molecule has 0 aromatic heterocycles. The molecule has 0 aromatic rings. The highest BCUT2D eigenvalue weighted by Gasteiger charge is 2.35. The van der Waals surface area contributed by atoms with Crippen molar-refractivity contribution in [2.75, 3.05) is 19.1 Å². The summed E-state index contributed by atoms with van der Waals surface area (Å²) < 4.78 is 4.60. The van der Waals surface area contributed by atoms with E-state index in [-0.39, 0.29) is 0 Å². The monoisotopic (exact) mass is 243 g/mol. The van der Waals surface area contributed by atoms with Crippen molar-refractivity contribution in [1.82, 2.24) is 4.90 Å². The van der Waals surface area contributed by atoms with E-state index in [2.05, 4.69) is 4.74 Å². The van der Waals surface area contributed by atoms with Crippen LogP contribution >= 0.6 is 11.8 Å². The molecule has 0 aliphatic carbocycles. The van der Waals surface area contributed by atoms with Gasteiger partial charge in [-0.3, -0.25) is 14.5 Å². The molecule has 0 saturated carbocycles. The molecular weight excluding hydrogens is 230 g/mol. The lowest BCUT2D eigenvalue weighted by Gasteiger charge is -2.23. The van der Waals surface area contributed by atoms with E-state index in [1.165, 1.54) is 7.11 Å². The Morgan fingerprint density at radius 3 is 2.44 bits per heavy atom. The van der Waals surface area contributed by atoms with Crippen LogP contribution in [0.3, 0.4) is 0 Å². The van der Waals surface area contributed by atoms with Crippen molar-refractivity contribution in [1.29, 1.82) is 0 Å². The van der Waals surface area contributed by atoms with Crippen molar-refractivity contribution >= 4 is 29.5 Å². The van der Waals surface area contributed by atoms with Gasteiger partial charge in [-0.25, -0.2) is 4.79 Å². The van der Waals surface area contributed by atoms with Gasteiger partial charge < -0.3 is 4.74 Å². The van der Waals surface area contributed by atoms with E-state index in [0.29, 0.717) is 12.2 Å². The minimum Gasteiger partial charge on any atom is -0.467 e. The van der Waals surface area contributed by atoms with Crippen LogP contribution in [0.1, 0.15) is 6.42 Å². The number of amides is 2. The number of rotatable bonds is 5. The molecule has 0 N–H and O–H groups in total. The van der Waals surface area contributed by atoms with Crippen molar-refractivity contribution in [3.05, 3.63) is 12.2 Å². The zero-order valence-electron chi connectivity index (χ0n) is 9.13. The summed E-state index contributed by atoms with van der Waals surface area (Å²) in [7, 11) is 1.24.